The van der Waals surface area contributed by atoms with Crippen molar-refractivity contribution in [2.24, 2.45) is 11.8 Å². The van der Waals surface area contributed by atoms with E-state index in [4.69, 9.17) is 5.11 Å². The van der Waals surface area contributed by atoms with Gasteiger partial charge in [-0.3, -0.25) is 4.79 Å². The second kappa shape index (κ2) is 5.51. The molecule has 0 atom stereocenters. The molecule has 0 heterocycles. The minimum Gasteiger partial charge on any atom is -0.478 e. The molecular weight excluding hydrogens is 266 g/mol. The Morgan fingerprint density at radius 2 is 1.86 bits per heavy atom. The van der Waals surface area contributed by atoms with E-state index in [2.05, 4.69) is 0 Å². The van der Waals surface area contributed by atoms with E-state index < -0.39 is 5.97 Å². The van der Waals surface area contributed by atoms with Gasteiger partial charge in [-0.2, -0.15) is 0 Å². The van der Waals surface area contributed by atoms with Gasteiger partial charge in [-0.05, 0) is 55.2 Å². The van der Waals surface area contributed by atoms with E-state index in [0.717, 1.165) is 5.56 Å². The Bertz CT molecular complexity index is 549. The van der Waals surface area contributed by atoms with Gasteiger partial charge in [-0.15, -0.1) is 0 Å². The molecule has 0 radical (unpaired) electrons. The number of carbonyl (C=O) groups is 2. The van der Waals surface area contributed by atoms with Crippen LogP contribution < -0.4 is 0 Å². The number of carbonyl (C=O) groups excluding carboxylic acids is 1. The van der Waals surface area contributed by atoms with Crippen LogP contribution in [0.3, 0.4) is 0 Å². The summed E-state index contributed by atoms with van der Waals surface area (Å²) in [5.41, 5.74) is 1.01. The highest BCUT2D eigenvalue weighted by atomic mass is 16.4. The van der Waals surface area contributed by atoms with E-state index in [0.29, 0.717) is 17.9 Å². The van der Waals surface area contributed by atoms with Gasteiger partial charge in [-0.1, -0.05) is 12.1 Å². The molecule has 1 aromatic carbocycles. The van der Waals surface area contributed by atoms with Gasteiger partial charge in [0.15, 0.2) is 0 Å². The minimum absolute atomic E-state index is 0.0985. The van der Waals surface area contributed by atoms with Gasteiger partial charge in [0.25, 0.3) is 0 Å². The number of hydrogen-bond donors (Lipinski definition) is 1. The summed E-state index contributed by atoms with van der Waals surface area (Å²) >= 11 is 0. The first-order valence-electron chi connectivity index (χ1n) is 7.64. The Hall–Kier alpha value is -1.84. The lowest BCUT2D eigenvalue weighted by Crippen LogP contribution is -2.40. The van der Waals surface area contributed by atoms with Crippen molar-refractivity contribution in [1.29, 1.82) is 0 Å². The first kappa shape index (κ1) is 14.1. The molecule has 0 aromatic heterocycles. The lowest BCUT2D eigenvalue weighted by Gasteiger charge is -2.28. The van der Waals surface area contributed by atoms with Crippen LogP contribution in [0.1, 0.15) is 41.6 Å². The summed E-state index contributed by atoms with van der Waals surface area (Å²) in [4.78, 5) is 25.4. The highest BCUT2D eigenvalue weighted by Crippen LogP contribution is 2.46. The van der Waals surface area contributed by atoms with Crippen molar-refractivity contribution in [3.8, 4) is 0 Å². The maximum Gasteiger partial charge on any atom is 0.335 e. The fourth-order valence-corrected chi connectivity index (χ4v) is 3.17. The van der Waals surface area contributed by atoms with E-state index >= 15 is 0 Å². The van der Waals surface area contributed by atoms with Crippen LogP contribution in [-0.4, -0.2) is 35.0 Å². The topological polar surface area (TPSA) is 57.6 Å². The Balaban J connectivity index is 1.67. The van der Waals surface area contributed by atoms with E-state index in [1.165, 1.54) is 25.7 Å². The van der Waals surface area contributed by atoms with Crippen LogP contribution in [0.15, 0.2) is 24.3 Å². The molecule has 3 rings (SSSR count). The standard InChI is InChI=1S/C17H21NO3/c1-18(16(12-5-6-12)13-7-8-13)15(19)10-11-3-2-4-14(9-11)17(20)21/h2-4,9,12-13,16H,5-8,10H2,1H3,(H,20,21). The molecule has 1 aromatic rings. The van der Waals surface area contributed by atoms with Crippen molar-refractivity contribution in [3.05, 3.63) is 35.4 Å². The summed E-state index contributed by atoms with van der Waals surface area (Å²) in [7, 11) is 1.91. The highest BCUT2D eigenvalue weighted by molar-refractivity contribution is 5.88. The quantitative estimate of drug-likeness (QED) is 0.875. The third-order valence-corrected chi connectivity index (χ3v) is 4.58. The number of carboxylic acid groups (broad SMARTS) is 1. The largest absolute Gasteiger partial charge is 0.478 e. The number of rotatable bonds is 6. The summed E-state index contributed by atoms with van der Waals surface area (Å²) < 4.78 is 0. The lowest BCUT2D eigenvalue weighted by molar-refractivity contribution is -0.132. The summed E-state index contributed by atoms with van der Waals surface area (Å²) in [6.45, 7) is 0. The van der Waals surface area contributed by atoms with Gasteiger partial charge < -0.3 is 10.0 Å². The van der Waals surface area contributed by atoms with Crippen molar-refractivity contribution in [3.63, 3.8) is 0 Å². The van der Waals surface area contributed by atoms with Crippen LogP contribution in [0, 0.1) is 11.8 Å². The zero-order valence-corrected chi connectivity index (χ0v) is 12.3. The smallest absolute Gasteiger partial charge is 0.335 e. The van der Waals surface area contributed by atoms with Gasteiger partial charge in [-0.25, -0.2) is 4.79 Å². The molecule has 4 heteroatoms. The first-order chi connectivity index (χ1) is 10.1. The van der Waals surface area contributed by atoms with Crippen LogP contribution in [0.2, 0.25) is 0 Å². The fraction of sp³-hybridized carbons (Fsp3) is 0.529. The zero-order valence-electron chi connectivity index (χ0n) is 12.3. The number of carboxylic acids is 1. The SMILES string of the molecule is CN(C(=O)Cc1cccc(C(=O)O)c1)C(C1CC1)C1CC1. The average molecular weight is 287 g/mol. The molecule has 2 aliphatic rings. The molecule has 112 valence electrons. The second-order valence-corrected chi connectivity index (χ2v) is 6.35. The molecule has 21 heavy (non-hydrogen) atoms. The van der Waals surface area contributed by atoms with E-state index in [-0.39, 0.29) is 17.9 Å². The summed E-state index contributed by atoms with van der Waals surface area (Å²) in [5, 5.41) is 9.01. The minimum atomic E-state index is -0.952. The van der Waals surface area contributed by atoms with Gasteiger partial charge >= 0.3 is 5.97 Å². The average Bonchev–Trinajstić information content (AvgIpc) is 3.33. The Labute approximate surface area is 124 Å². The van der Waals surface area contributed by atoms with Gasteiger partial charge in [0.05, 0.1) is 12.0 Å². The molecule has 0 saturated heterocycles. The van der Waals surface area contributed by atoms with Crippen LogP contribution in [0.5, 0.6) is 0 Å². The Kier molecular flexibility index (Phi) is 3.70. The molecule has 0 bridgehead atoms. The third kappa shape index (κ3) is 3.26. The van der Waals surface area contributed by atoms with Crippen molar-refractivity contribution in [2.75, 3.05) is 7.05 Å². The highest BCUT2D eigenvalue weighted by Gasteiger charge is 2.44. The van der Waals surface area contributed by atoms with E-state index in [1.807, 2.05) is 18.0 Å². The van der Waals surface area contributed by atoms with Gasteiger partial charge in [0.2, 0.25) is 5.91 Å². The van der Waals surface area contributed by atoms with Crippen molar-refractivity contribution < 1.29 is 14.7 Å². The molecule has 2 aliphatic carbocycles. The molecule has 1 amide bonds. The number of aromatic carboxylic acids is 1. The molecule has 1 N–H and O–H groups in total. The molecule has 4 nitrogen and oxygen atoms in total. The fourth-order valence-electron chi connectivity index (χ4n) is 3.17. The predicted molar refractivity (Wildman–Crippen MR) is 79.1 cm³/mol. The molecule has 0 unspecified atom stereocenters. The number of amides is 1. The third-order valence-electron chi connectivity index (χ3n) is 4.58. The normalized spacial score (nSPS) is 17.8. The number of nitrogens with zero attached hydrogens (tertiary/aromatic N) is 1. The summed E-state index contributed by atoms with van der Waals surface area (Å²) in [6, 6.07) is 7.07. The van der Waals surface area contributed by atoms with Gasteiger partial charge in [0.1, 0.15) is 0 Å². The van der Waals surface area contributed by atoms with Crippen LogP contribution in [0.4, 0.5) is 0 Å². The maximum atomic E-state index is 12.5. The number of benzene rings is 1. The van der Waals surface area contributed by atoms with E-state index in [1.54, 1.807) is 18.2 Å². The van der Waals surface area contributed by atoms with Crippen molar-refractivity contribution >= 4 is 11.9 Å². The van der Waals surface area contributed by atoms with Gasteiger partial charge in [0, 0.05) is 13.1 Å². The molecule has 0 aliphatic heterocycles. The zero-order chi connectivity index (χ0) is 15.0. The van der Waals surface area contributed by atoms with Crippen LogP contribution >= 0.6 is 0 Å². The first-order valence-corrected chi connectivity index (χ1v) is 7.64. The van der Waals surface area contributed by atoms with Crippen LogP contribution in [-0.2, 0) is 11.2 Å². The van der Waals surface area contributed by atoms with Crippen molar-refractivity contribution in [1.82, 2.24) is 4.90 Å². The monoisotopic (exact) mass is 287 g/mol. The van der Waals surface area contributed by atoms with Crippen LogP contribution in [0.25, 0.3) is 0 Å². The van der Waals surface area contributed by atoms with Crippen molar-refractivity contribution in [2.45, 2.75) is 38.1 Å². The number of likely N-dealkylation sites (N-methyl/N-ethyl adjacent to an activating group) is 1. The lowest BCUT2D eigenvalue weighted by atomic mass is 10.0. The summed E-state index contributed by atoms with van der Waals surface area (Å²) in [5.74, 6) is 0.529. The predicted octanol–water partition coefficient (Wildman–Crippen LogP) is 2.57. The van der Waals surface area contributed by atoms with E-state index in [9.17, 15) is 9.59 Å². The summed E-state index contributed by atoms with van der Waals surface area (Å²) in [6.07, 6.45) is 5.26. The number of hydrogen-bond acceptors (Lipinski definition) is 2. The molecular formula is C17H21NO3. The molecule has 2 fully saturated rings. The molecule has 0 spiro atoms. The Morgan fingerprint density at radius 1 is 1.24 bits per heavy atom. The second-order valence-electron chi connectivity index (χ2n) is 6.35. The Morgan fingerprint density at radius 3 is 2.38 bits per heavy atom. The molecule has 2 saturated carbocycles. The maximum absolute atomic E-state index is 12.5.